The highest BCUT2D eigenvalue weighted by atomic mass is 32.2. The van der Waals surface area contributed by atoms with Crippen LogP contribution in [-0.2, 0) is 9.59 Å². The Morgan fingerprint density at radius 2 is 1.83 bits per heavy atom. The van der Waals surface area contributed by atoms with Crippen LogP contribution in [-0.4, -0.2) is 34.4 Å². The molecule has 0 atom stereocenters. The third-order valence-corrected chi connectivity index (χ3v) is 5.92. The molecule has 30 heavy (non-hydrogen) atoms. The van der Waals surface area contributed by atoms with Gasteiger partial charge in [-0.15, -0.1) is 0 Å². The number of hydrogen-bond donors (Lipinski definition) is 4. The molecule has 8 nitrogen and oxygen atoms in total. The molecule has 1 saturated carbocycles. The molecule has 1 aliphatic carbocycles. The van der Waals surface area contributed by atoms with Gasteiger partial charge in [0, 0.05) is 30.3 Å². The molecule has 1 saturated heterocycles. The van der Waals surface area contributed by atoms with Crippen molar-refractivity contribution in [3.8, 4) is 0 Å². The Bertz CT molecular complexity index is 919. The van der Waals surface area contributed by atoms with Crippen molar-refractivity contribution in [3.63, 3.8) is 0 Å². The molecule has 3 rings (SSSR count). The van der Waals surface area contributed by atoms with Gasteiger partial charge in [0.2, 0.25) is 11.8 Å². The molecule has 0 spiro atoms. The summed E-state index contributed by atoms with van der Waals surface area (Å²) in [5.41, 5.74) is 10.1. The van der Waals surface area contributed by atoms with E-state index in [4.69, 9.17) is 11.6 Å². The van der Waals surface area contributed by atoms with Gasteiger partial charge in [-0.2, -0.15) is 0 Å². The number of carbonyl (C=O) groups excluding carboxylic acids is 3. The zero-order valence-corrected chi connectivity index (χ0v) is 16.7. The lowest BCUT2D eigenvalue weighted by Gasteiger charge is -2.24. The van der Waals surface area contributed by atoms with E-state index in [-0.39, 0.29) is 30.6 Å². The van der Waals surface area contributed by atoms with E-state index in [9.17, 15) is 23.2 Å². The number of hydrazine groups is 1. The van der Waals surface area contributed by atoms with E-state index < -0.39 is 29.5 Å². The van der Waals surface area contributed by atoms with Gasteiger partial charge in [0.1, 0.15) is 6.54 Å². The van der Waals surface area contributed by atoms with Gasteiger partial charge in [0.15, 0.2) is 0 Å². The van der Waals surface area contributed by atoms with Crippen molar-refractivity contribution < 1.29 is 23.2 Å². The molecular formula is C19H21F2N5O3S. The maximum atomic E-state index is 13.3. The van der Waals surface area contributed by atoms with Crippen LogP contribution in [0.25, 0.3) is 5.70 Å². The standard InChI is InChI=1S/C19H21F2N5O3S/c20-19(21)7-5-12(6-8-19)16-17(28)26(18(29)30-16)10-15(27)24-13-3-1-11(2-4-13)14(9-22)25-23/h1-4,9,25H,5-8,10,22-23H2,(H,24,27)/b14-9-. The van der Waals surface area contributed by atoms with Gasteiger partial charge >= 0.3 is 0 Å². The number of hydrogen-bond acceptors (Lipinski definition) is 7. The summed E-state index contributed by atoms with van der Waals surface area (Å²) < 4.78 is 26.7. The average Bonchev–Trinajstić information content (AvgIpc) is 2.98. The van der Waals surface area contributed by atoms with Crippen molar-refractivity contribution in [2.75, 3.05) is 11.9 Å². The first-order valence-corrected chi connectivity index (χ1v) is 9.98. The number of thioether (sulfide) groups is 1. The van der Waals surface area contributed by atoms with E-state index in [1.54, 1.807) is 24.3 Å². The molecule has 0 unspecified atom stereocenters. The molecule has 0 aromatic heterocycles. The SMILES string of the molecule is N/C=C(\NN)c1ccc(NC(=O)CN2C(=O)SC(=C3CCC(F)(F)CC3)C2=O)cc1. The molecule has 3 amide bonds. The van der Waals surface area contributed by atoms with Gasteiger partial charge in [-0.3, -0.25) is 25.1 Å². The lowest BCUT2D eigenvalue weighted by atomic mass is 9.91. The minimum atomic E-state index is -2.74. The molecule has 1 heterocycles. The molecule has 160 valence electrons. The van der Waals surface area contributed by atoms with E-state index in [2.05, 4.69) is 10.7 Å². The third kappa shape index (κ3) is 4.79. The second kappa shape index (κ2) is 8.84. The number of amides is 3. The van der Waals surface area contributed by atoms with E-state index in [1.807, 2.05) is 0 Å². The van der Waals surface area contributed by atoms with Gasteiger partial charge in [-0.05, 0) is 36.7 Å². The first-order valence-electron chi connectivity index (χ1n) is 9.16. The Kier molecular flexibility index (Phi) is 6.42. The van der Waals surface area contributed by atoms with Gasteiger partial charge in [-0.1, -0.05) is 17.7 Å². The molecule has 1 aromatic carbocycles. The topological polar surface area (TPSA) is 131 Å². The maximum absolute atomic E-state index is 13.3. The highest BCUT2D eigenvalue weighted by molar-refractivity contribution is 8.18. The van der Waals surface area contributed by atoms with Crippen molar-refractivity contribution in [1.82, 2.24) is 10.3 Å². The number of nitrogens with zero attached hydrogens (tertiary/aromatic N) is 1. The van der Waals surface area contributed by atoms with Crippen molar-refractivity contribution >= 4 is 40.2 Å². The smallest absolute Gasteiger partial charge is 0.294 e. The summed E-state index contributed by atoms with van der Waals surface area (Å²) in [6, 6.07) is 6.59. The minimum Gasteiger partial charge on any atom is -0.403 e. The number of halogens is 2. The first-order chi connectivity index (χ1) is 14.2. The van der Waals surface area contributed by atoms with Gasteiger partial charge in [0.05, 0.1) is 10.6 Å². The van der Waals surface area contributed by atoms with Gasteiger partial charge in [-0.25, -0.2) is 8.78 Å². The Balaban J connectivity index is 1.63. The molecule has 2 fully saturated rings. The zero-order chi connectivity index (χ0) is 21.9. The predicted octanol–water partition coefficient (Wildman–Crippen LogP) is 2.50. The van der Waals surface area contributed by atoms with Crippen LogP contribution in [0.4, 0.5) is 19.3 Å². The van der Waals surface area contributed by atoms with E-state index in [0.29, 0.717) is 34.3 Å². The summed E-state index contributed by atoms with van der Waals surface area (Å²) >= 11 is 0.702. The summed E-state index contributed by atoms with van der Waals surface area (Å²) in [6.07, 6.45) is 0.751. The minimum absolute atomic E-state index is 0.0671. The van der Waals surface area contributed by atoms with Crippen molar-refractivity contribution in [3.05, 3.63) is 46.5 Å². The fraction of sp³-hybridized carbons (Fsp3) is 0.316. The maximum Gasteiger partial charge on any atom is 0.294 e. The summed E-state index contributed by atoms with van der Waals surface area (Å²) in [7, 11) is 0. The van der Waals surface area contributed by atoms with Crippen LogP contribution >= 0.6 is 11.8 Å². The number of allylic oxidation sites excluding steroid dienone is 1. The van der Waals surface area contributed by atoms with E-state index in [1.165, 1.54) is 6.20 Å². The summed E-state index contributed by atoms with van der Waals surface area (Å²) in [5.74, 6) is 1.44. The Morgan fingerprint density at radius 3 is 2.40 bits per heavy atom. The van der Waals surface area contributed by atoms with E-state index >= 15 is 0 Å². The highest BCUT2D eigenvalue weighted by Crippen LogP contribution is 2.42. The summed E-state index contributed by atoms with van der Waals surface area (Å²) in [6.45, 7) is -0.461. The average molecular weight is 437 g/mol. The Labute approximate surface area is 175 Å². The van der Waals surface area contributed by atoms with Crippen LogP contribution in [0.15, 0.2) is 40.9 Å². The monoisotopic (exact) mass is 437 g/mol. The number of nitrogens with two attached hydrogens (primary N) is 2. The predicted molar refractivity (Wildman–Crippen MR) is 110 cm³/mol. The highest BCUT2D eigenvalue weighted by Gasteiger charge is 2.41. The quantitative estimate of drug-likeness (QED) is 0.316. The van der Waals surface area contributed by atoms with Crippen LogP contribution < -0.4 is 22.3 Å². The number of benzene rings is 1. The number of imide groups is 1. The second-order valence-electron chi connectivity index (χ2n) is 6.90. The summed E-state index contributed by atoms with van der Waals surface area (Å²) in [4.78, 5) is 38.1. The normalized spacial score (nSPS) is 19.3. The number of anilines is 1. The fourth-order valence-electron chi connectivity index (χ4n) is 3.20. The van der Waals surface area contributed by atoms with Crippen LogP contribution in [0.3, 0.4) is 0 Å². The molecule has 0 radical (unpaired) electrons. The number of carbonyl (C=O) groups is 3. The largest absolute Gasteiger partial charge is 0.403 e. The molecule has 2 aliphatic rings. The number of nitrogens with one attached hydrogen (secondary N) is 2. The fourth-order valence-corrected chi connectivity index (χ4v) is 4.18. The molecule has 1 aliphatic heterocycles. The van der Waals surface area contributed by atoms with Crippen LogP contribution in [0.1, 0.15) is 31.2 Å². The van der Waals surface area contributed by atoms with Crippen molar-refractivity contribution in [2.45, 2.75) is 31.6 Å². The van der Waals surface area contributed by atoms with Crippen LogP contribution in [0.2, 0.25) is 0 Å². The molecule has 11 heteroatoms. The van der Waals surface area contributed by atoms with E-state index in [0.717, 1.165) is 4.90 Å². The van der Waals surface area contributed by atoms with Gasteiger partial charge in [0.25, 0.3) is 11.1 Å². The number of rotatable bonds is 5. The third-order valence-electron chi connectivity index (χ3n) is 4.86. The molecule has 6 N–H and O–H groups in total. The number of alkyl halides is 2. The van der Waals surface area contributed by atoms with Crippen LogP contribution in [0.5, 0.6) is 0 Å². The van der Waals surface area contributed by atoms with Gasteiger partial charge < -0.3 is 16.5 Å². The molecule has 1 aromatic rings. The lowest BCUT2D eigenvalue weighted by molar-refractivity contribution is -0.127. The van der Waals surface area contributed by atoms with Crippen molar-refractivity contribution in [2.24, 2.45) is 11.6 Å². The Hall–Kier alpha value is -2.92. The first kappa shape index (κ1) is 21.8. The Morgan fingerprint density at radius 1 is 1.20 bits per heavy atom. The summed E-state index contributed by atoms with van der Waals surface area (Å²) in [5, 5.41) is 2.02. The molecular weight excluding hydrogens is 416 g/mol. The molecule has 0 bridgehead atoms. The zero-order valence-electron chi connectivity index (χ0n) is 15.9. The lowest BCUT2D eigenvalue weighted by Crippen LogP contribution is -2.36. The van der Waals surface area contributed by atoms with Crippen LogP contribution in [0, 0.1) is 0 Å². The second-order valence-corrected chi connectivity index (χ2v) is 7.86. The van der Waals surface area contributed by atoms with Crippen molar-refractivity contribution in [1.29, 1.82) is 0 Å².